The number of rotatable bonds is 3. The normalized spacial score (nSPS) is 9.31. The minimum absolute atomic E-state index is 0.425. The monoisotopic (exact) mass is 176 g/mol. The first-order chi connectivity index (χ1) is 6.15. The van der Waals surface area contributed by atoms with Gasteiger partial charge in [0.1, 0.15) is 0 Å². The molecule has 3 nitrogen and oxygen atoms in total. The summed E-state index contributed by atoms with van der Waals surface area (Å²) < 4.78 is 0. The van der Waals surface area contributed by atoms with Crippen LogP contribution < -0.4 is 11.1 Å². The highest BCUT2D eigenvalue weighted by Gasteiger charge is 2.01. The van der Waals surface area contributed by atoms with Crippen LogP contribution in [-0.2, 0) is 0 Å². The predicted molar refractivity (Wildman–Crippen MR) is 53.1 cm³/mol. The Labute approximate surface area is 77.3 Å². The molecule has 1 amide bonds. The largest absolute Gasteiger partial charge is 0.388 e. The maximum atomic E-state index is 10.8. The molecule has 0 fully saturated rings. The van der Waals surface area contributed by atoms with Gasteiger partial charge < -0.3 is 11.1 Å². The average molecular weight is 176 g/mol. The number of carbonyl (C=O) groups excluding carboxylic acids is 1. The zero-order valence-electron chi connectivity index (χ0n) is 7.50. The topological polar surface area (TPSA) is 55.1 Å². The number of nitrogens with one attached hydrogen (secondary N) is 1. The number of hydrogen-bond donors (Lipinski definition) is 2. The van der Waals surface area contributed by atoms with E-state index in [1.807, 2.05) is 6.07 Å². The molecule has 0 heterocycles. The molecule has 0 atom stereocenters. The summed E-state index contributed by atoms with van der Waals surface area (Å²) in [5, 5.41) is 2.90. The lowest BCUT2D eigenvalue weighted by Crippen LogP contribution is -2.11. The van der Waals surface area contributed by atoms with E-state index in [-0.39, 0.29) is 0 Å². The molecule has 0 saturated heterocycles. The van der Waals surface area contributed by atoms with E-state index in [0.29, 0.717) is 5.56 Å². The van der Waals surface area contributed by atoms with Gasteiger partial charge in [0, 0.05) is 18.3 Å². The molecule has 0 unspecified atom stereocenters. The van der Waals surface area contributed by atoms with Gasteiger partial charge in [0.15, 0.2) is 0 Å². The van der Waals surface area contributed by atoms with Crippen molar-refractivity contribution < 1.29 is 4.79 Å². The van der Waals surface area contributed by atoms with Crippen molar-refractivity contribution in [3.05, 3.63) is 42.0 Å². The van der Waals surface area contributed by atoms with Gasteiger partial charge in [0.2, 0.25) is 5.91 Å². The van der Waals surface area contributed by atoms with Crippen LogP contribution >= 0.6 is 0 Å². The third kappa shape index (κ3) is 2.08. The maximum Gasteiger partial charge on any atom is 0.248 e. The lowest BCUT2D eigenvalue weighted by molar-refractivity contribution is 0.100. The molecule has 0 radical (unpaired) electrons. The molecule has 0 aliphatic heterocycles. The van der Waals surface area contributed by atoms with Crippen molar-refractivity contribution in [3.8, 4) is 0 Å². The second-order valence-corrected chi connectivity index (χ2v) is 2.67. The fourth-order valence-electron chi connectivity index (χ4n) is 1.00. The molecule has 3 N–H and O–H groups in total. The lowest BCUT2D eigenvalue weighted by Gasteiger charge is -2.05. The number of benzene rings is 1. The molecule has 13 heavy (non-hydrogen) atoms. The van der Waals surface area contributed by atoms with Gasteiger partial charge in [0.25, 0.3) is 0 Å². The van der Waals surface area contributed by atoms with Crippen molar-refractivity contribution in [1.82, 2.24) is 5.32 Å². The van der Waals surface area contributed by atoms with Crippen LogP contribution in [0.15, 0.2) is 30.8 Å². The summed E-state index contributed by atoms with van der Waals surface area (Å²) in [5.74, 6) is -0.425. The van der Waals surface area contributed by atoms with Crippen LogP contribution in [-0.4, -0.2) is 13.0 Å². The van der Waals surface area contributed by atoms with Crippen molar-refractivity contribution in [2.45, 2.75) is 0 Å². The van der Waals surface area contributed by atoms with Crippen molar-refractivity contribution in [1.29, 1.82) is 0 Å². The first-order valence-corrected chi connectivity index (χ1v) is 3.92. The standard InChI is InChI=1S/C10H12N2O/c1-7(12-2)8-4-3-5-9(6-8)10(11)13/h3-6,12H,1H2,2H3,(H2,11,13). The molecule has 1 aromatic carbocycles. The SMILES string of the molecule is C=C(NC)c1cccc(C(N)=O)c1. The van der Waals surface area contributed by atoms with Gasteiger partial charge in [-0.05, 0) is 17.7 Å². The quantitative estimate of drug-likeness (QED) is 0.721. The van der Waals surface area contributed by atoms with Crippen molar-refractivity contribution in [3.63, 3.8) is 0 Å². The Bertz CT molecular complexity index is 345. The van der Waals surface area contributed by atoms with Crippen molar-refractivity contribution in [2.75, 3.05) is 7.05 Å². The number of primary amides is 1. The Morgan fingerprint density at radius 2 is 2.08 bits per heavy atom. The fourth-order valence-corrected chi connectivity index (χ4v) is 1.00. The number of nitrogens with two attached hydrogens (primary N) is 1. The number of amides is 1. The van der Waals surface area contributed by atoms with Crippen LogP contribution in [0.25, 0.3) is 5.70 Å². The van der Waals surface area contributed by atoms with E-state index in [4.69, 9.17) is 5.73 Å². The smallest absolute Gasteiger partial charge is 0.248 e. The highest BCUT2D eigenvalue weighted by molar-refractivity contribution is 5.93. The summed E-state index contributed by atoms with van der Waals surface area (Å²) in [5.41, 5.74) is 7.27. The van der Waals surface area contributed by atoms with Gasteiger partial charge in [-0.2, -0.15) is 0 Å². The Balaban J connectivity index is 3.05. The van der Waals surface area contributed by atoms with E-state index in [1.165, 1.54) is 0 Å². The lowest BCUT2D eigenvalue weighted by atomic mass is 10.1. The predicted octanol–water partition coefficient (Wildman–Crippen LogP) is 0.976. The molecule has 0 bridgehead atoms. The molecular formula is C10H12N2O. The van der Waals surface area contributed by atoms with Crippen LogP contribution in [0.5, 0.6) is 0 Å². The van der Waals surface area contributed by atoms with E-state index < -0.39 is 5.91 Å². The van der Waals surface area contributed by atoms with Gasteiger partial charge in [-0.1, -0.05) is 18.7 Å². The summed E-state index contributed by atoms with van der Waals surface area (Å²) in [7, 11) is 1.78. The molecular weight excluding hydrogens is 164 g/mol. The zero-order chi connectivity index (χ0) is 9.84. The van der Waals surface area contributed by atoms with E-state index in [0.717, 1.165) is 11.3 Å². The molecule has 3 heteroatoms. The summed E-state index contributed by atoms with van der Waals surface area (Å²) >= 11 is 0. The zero-order valence-corrected chi connectivity index (χ0v) is 7.50. The number of hydrogen-bond acceptors (Lipinski definition) is 2. The van der Waals surface area contributed by atoms with Gasteiger partial charge in [-0.3, -0.25) is 4.79 Å². The second kappa shape index (κ2) is 3.76. The Morgan fingerprint density at radius 1 is 1.46 bits per heavy atom. The summed E-state index contributed by atoms with van der Waals surface area (Å²) in [6, 6.07) is 7.03. The molecule has 0 saturated carbocycles. The molecule has 1 aromatic rings. The van der Waals surface area contributed by atoms with Gasteiger partial charge in [-0.15, -0.1) is 0 Å². The molecule has 68 valence electrons. The Kier molecular flexibility index (Phi) is 2.69. The molecule has 1 rings (SSSR count). The number of carbonyl (C=O) groups is 1. The van der Waals surface area contributed by atoms with Crippen LogP contribution in [0.1, 0.15) is 15.9 Å². The first kappa shape index (κ1) is 9.32. The van der Waals surface area contributed by atoms with E-state index >= 15 is 0 Å². The molecule has 0 aliphatic rings. The summed E-state index contributed by atoms with van der Waals surface area (Å²) in [6.07, 6.45) is 0. The van der Waals surface area contributed by atoms with Gasteiger partial charge in [-0.25, -0.2) is 0 Å². The Hall–Kier alpha value is -1.77. The maximum absolute atomic E-state index is 10.8. The van der Waals surface area contributed by atoms with E-state index in [9.17, 15) is 4.79 Å². The fraction of sp³-hybridized carbons (Fsp3) is 0.100. The molecule has 0 aromatic heterocycles. The van der Waals surface area contributed by atoms with Gasteiger partial charge >= 0.3 is 0 Å². The van der Waals surface area contributed by atoms with Crippen LogP contribution in [0.3, 0.4) is 0 Å². The van der Waals surface area contributed by atoms with Gasteiger partial charge in [0.05, 0.1) is 0 Å². The third-order valence-electron chi connectivity index (χ3n) is 1.80. The third-order valence-corrected chi connectivity index (χ3v) is 1.80. The highest BCUT2D eigenvalue weighted by atomic mass is 16.1. The van der Waals surface area contributed by atoms with Crippen LogP contribution in [0.4, 0.5) is 0 Å². The van der Waals surface area contributed by atoms with Crippen LogP contribution in [0.2, 0.25) is 0 Å². The minimum Gasteiger partial charge on any atom is -0.388 e. The minimum atomic E-state index is -0.425. The summed E-state index contributed by atoms with van der Waals surface area (Å²) in [6.45, 7) is 3.78. The average Bonchev–Trinajstić information content (AvgIpc) is 2.17. The van der Waals surface area contributed by atoms with Crippen molar-refractivity contribution in [2.24, 2.45) is 5.73 Å². The van der Waals surface area contributed by atoms with Crippen LogP contribution in [0, 0.1) is 0 Å². The van der Waals surface area contributed by atoms with E-state index in [2.05, 4.69) is 11.9 Å². The Morgan fingerprint density at radius 3 is 2.62 bits per heavy atom. The van der Waals surface area contributed by atoms with E-state index in [1.54, 1.807) is 25.2 Å². The highest BCUT2D eigenvalue weighted by Crippen LogP contribution is 2.10. The van der Waals surface area contributed by atoms with Crippen molar-refractivity contribution >= 4 is 11.6 Å². The molecule has 0 aliphatic carbocycles. The summed E-state index contributed by atoms with van der Waals surface area (Å²) in [4.78, 5) is 10.8. The first-order valence-electron chi connectivity index (χ1n) is 3.92. The second-order valence-electron chi connectivity index (χ2n) is 2.67. The molecule has 0 spiro atoms.